The summed E-state index contributed by atoms with van der Waals surface area (Å²) in [6, 6.07) is 8.43. The van der Waals surface area contributed by atoms with Crippen LogP contribution in [0.5, 0.6) is 5.75 Å². The lowest BCUT2D eigenvalue weighted by Gasteiger charge is -2.23. The zero-order chi connectivity index (χ0) is 13.0. The van der Waals surface area contributed by atoms with E-state index in [1.807, 2.05) is 7.05 Å². The minimum absolute atomic E-state index is 0. The topological polar surface area (TPSA) is 21.3 Å². The third-order valence-corrected chi connectivity index (χ3v) is 4.04. The van der Waals surface area contributed by atoms with E-state index in [0.717, 1.165) is 18.7 Å². The van der Waals surface area contributed by atoms with E-state index >= 15 is 0 Å². The molecular formula is C15H22ClNOS. The van der Waals surface area contributed by atoms with E-state index in [0.29, 0.717) is 5.92 Å². The molecule has 0 bridgehead atoms. The maximum atomic E-state index is 6.22. The Labute approximate surface area is 125 Å². The van der Waals surface area contributed by atoms with Gasteiger partial charge in [0.1, 0.15) is 11.9 Å². The molecule has 0 radical (unpaired) electrons. The number of hydrogen-bond acceptors (Lipinski definition) is 3. The van der Waals surface area contributed by atoms with E-state index in [1.165, 1.54) is 10.1 Å². The van der Waals surface area contributed by atoms with Crippen molar-refractivity contribution in [3.8, 4) is 5.75 Å². The summed E-state index contributed by atoms with van der Waals surface area (Å²) in [6.45, 7) is 5.42. The van der Waals surface area contributed by atoms with Crippen LogP contribution < -0.4 is 10.1 Å². The largest absolute Gasteiger partial charge is 0.489 e. The minimum Gasteiger partial charge on any atom is -0.489 e. The molecule has 2 rings (SSSR count). The maximum absolute atomic E-state index is 6.22. The van der Waals surface area contributed by atoms with Crippen LogP contribution in [0.1, 0.15) is 20.3 Å². The summed E-state index contributed by atoms with van der Waals surface area (Å²) >= 11 is 1.76. The molecule has 2 aromatic rings. The van der Waals surface area contributed by atoms with Gasteiger partial charge in [-0.2, -0.15) is 0 Å². The summed E-state index contributed by atoms with van der Waals surface area (Å²) < 4.78 is 7.51. The van der Waals surface area contributed by atoms with E-state index in [9.17, 15) is 0 Å². The Morgan fingerprint density at radius 1 is 1.26 bits per heavy atom. The van der Waals surface area contributed by atoms with Crippen LogP contribution in [0.15, 0.2) is 29.6 Å². The van der Waals surface area contributed by atoms with Crippen LogP contribution in [0.4, 0.5) is 0 Å². The first-order valence-corrected chi connectivity index (χ1v) is 7.38. The predicted molar refractivity (Wildman–Crippen MR) is 86.9 cm³/mol. The molecule has 1 aromatic heterocycles. The van der Waals surface area contributed by atoms with Gasteiger partial charge in [0, 0.05) is 10.1 Å². The zero-order valence-corrected chi connectivity index (χ0v) is 13.3. The molecule has 0 fully saturated rings. The van der Waals surface area contributed by atoms with E-state index in [-0.39, 0.29) is 18.5 Å². The van der Waals surface area contributed by atoms with Gasteiger partial charge in [0.2, 0.25) is 0 Å². The fraction of sp³-hybridized carbons (Fsp3) is 0.467. The van der Waals surface area contributed by atoms with Crippen molar-refractivity contribution < 1.29 is 4.74 Å². The SMILES string of the molecule is CNCCC(Oc1cccc2sccc12)C(C)C.Cl. The third kappa shape index (κ3) is 4.10. The van der Waals surface area contributed by atoms with Crippen molar-refractivity contribution >= 4 is 33.8 Å². The second-order valence-electron chi connectivity index (χ2n) is 4.88. The van der Waals surface area contributed by atoms with Crippen LogP contribution >= 0.6 is 23.7 Å². The Hall–Kier alpha value is -0.770. The van der Waals surface area contributed by atoms with Crippen molar-refractivity contribution in [2.24, 2.45) is 5.92 Å². The van der Waals surface area contributed by atoms with Gasteiger partial charge in [-0.3, -0.25) is 0 Å². The standard InChI is InChI=1S/C15H21NOS.ClH/c1-11(2)13(7-9-16-3)17-14-5-4-6-15-12(14)8-10-18-15;/h4-6,8,10-11,13,16H,7,9H2,1-3H3;1H. The van der Waals surface area contributed by atoms with Crippen molar-refractivity contribution in [1.29, 1.82) is 0 Å². The van der Waals surface area contributed by atoms with Gasteiger partial charge in [-0.1, -0.05) is 19.9 Å². The zero-order valence-electron chi connectivity index (χ0n) is 11.7. The molecule has 1 heterocycles. The Morgan fingerprint density at radius 3 is 2.74 bits per heavy atom. The minimum atomic E-state index is 0. The number of halogens is 1. The van der Waals surface area contributed by atoms with Crippen LogP contribution in [-0.4, -0.2) is 19.7 Å². The number of benzene rings is 1. The average molecular weight is 300 g/mol. The Bertz CT molecular complexity index is 498. The van der Waals surface area contributed by atoms with Gasteiger partial charge in [0.15, 0.2) is 0 Å². The first-order chi connectivity index (χ1) is 8.72. The fourth-order valence-corrected chi connectivity index (χ4v) is 2.85. The summed E-state index contributed by atoms with van der Waals surface area (Å²) in [4.78, 5) is 0. The first kappa shape index (κ1) is 16.3. The second kappa shape index (κ2) is 7.73. The molecule has 0 saturated heterocycles. The van der Waals surface area contributed by atoms with Gasteiger partial charge in [-0.05, 0) is 49.5 Å². The van der Waals surface area contributed by atoms with E-state index in [4.69, 9.17) is 4.74 Å². The quantitative estimate of drug-likeness (QED) is 0.857. The average Bonchev–Trinajstić information content (AvgIpc) is 2.83. The Morgan fingerprint density at radius 2 is 2.05 bits per heavy atom. The molecule has 0 aliphatic heterocycles. The molecule has 1 N–H and O–H groups in total. The van der Waals surface area contributed by atoms with Crippen LogP contribution in [0.25, 0.3) is 10.1 Å². The predicted octanol–water partition coefficient (Wildman–Crippen LogP) is 4.34. The van der Waals surface area contributed by atoms with Gasteiger partial charge in [0.25, 0.3) is 0 Å². The molecule has 1 atom stereocenters. The maximum Gasteiger partial charge on any atom is 0.128 e. The molecule has 0 aliphatic rings. The van der Waals surface area contributed by atoms with Crippen LogP contribution in [0, 0.1) is 5.92 Å². The summed E-state index contributed by atoms with van der Waals surface area (Å²) in [5.41, 5.74) is 0. The highest BCUT2D eigenvalue weighted by Gasteiger charge is 2.16. The molecule has 1 aromatic carbocycles. The highest BCUT2D eigenvalue weighted by molar-refractivity contribution is 7.17. The van der Waals surface area contributed by atoms with Crippen molar-refractivity contribution in [3.05, 3.63) is 29.6 Å². The number of hydrogen-bond donors (Lipinski definition) is 1. The summed E-state index contributed by atoms with van der Waals surface area (Å²) in [7, 11) is 1.98. The van der Waals surface area contributed by atoms with E-state index in [2.05, 4.69) is 48.8 Å². The molecule has 0 amide bonds. The van der Waals surface area contributed by atoms with Crippen molar-refractivity contribution in [2.75, 3.05) is 13.6 Å². The summed E-state index contributed by atoms with van der Waals surface area (Å²) in [6.07, 6.45) is 1.30. The third-order valence-electron chi connectivity index (χ3n) is 3.16. The lowest BCUT2D eigenvalue weighted by atomic mass is 10.0. The molecule has 19 heavy (non-hydrogen) atoms. The molecule has 2 nitrogen and oxygen atoms in total. The van der Waals surface area contributed by atoms with Gasteiger partial charge in [-0.15, -0.1) is 23.7 Å². The lowest BCUT2D eigenvalue weighted by Crippen LogP contribution is -2.27. The summed E-state index contributed by atoms with van der Waals surface area (Å²) in [5.74, 6) is 1.54. The van der Waals surface area contributed by atoms with Crippen LogP contribution in [0.2, 0.25) is 0 Å². The first-order valence-electron chi connectivity index (χ1n) is 6.50. The molecule has 106 valence electrons. The number of fused-ring (bicyclic) bond motifs is 1. The molecule has 0 aliphatic carbocycles. The van der Waals surface area contributed by atoms with Gasteiger partial charge >= 0.3 is 0 Å². The monoisotopic (exact) mass is 299 g/mol. The van der Waals surface area contributed by atoms with Crippen LogP contribution in [0.3, 0.4) is 0 Å². The highest BCUT2D eigenvalue weighted by atomic mass is 35.5. The van der Waals surface area contributed by atoms with Crippen molar-refractivity contribution in [2.45, 2.75) is 26.4 Å². The lowest BCUT2D eigenvalue weighted by molar-refractivity contribution is 0.144. The Balaban J connectivity index is 0.00000180. The van der Waals surface area contributed by atoms with E-state index in [1.54, 1.807) is 11.3 Å². The summed E-state index contributed by atoms with van der Waals surface area (Å²) in [5, 5.41) is 6.55. The molecule has 1 unspecified atom stereocenters. The van der Waals surface area contributed by atoms with Gasteiger partial charge < -0.3 is 10.1 Å². The van der Waals surface area contributed by atoms with Crippen molar-refractivity contribution in [1.82, 2.24) is 5.32 Å². The van der Waals surface area contributed by atoms with E-state index < -0.39 is 0 Å². The van der Waals surface area contributed by atoms with Crippen LogP contribution in [-0.2, 0) is 0 Å². The smallest absolute Gasteiger partial charge is 0.128 e. The molecule has 4 heteroatoms. The number of rotatable bonds is 6. The number of nitrogens with one attached hydrogen (secondary N) is 1. The number of ether oxygens (including phenoxy) is 1. The second-order valence-corrected chi connectivity index (χ2v) is 5.83. The molecular weight excluding hydrogens is 278 g/mol. The normalized spacial score (nSPS) is 12.4. The molecule has 0 saturated carbocycles. The van der Waals surface area contributed by atoms with Gasteiger partial charge in [0.05, 0.1) is 0 Å². The Kier molecular flexibility index (Phi) is 6.63. The fourth-order valence-electron chi connectivity index (χ4n) is 2.05. The highest BCUT2D eigenvalue weighted by Crippen LogP contribution is 2.31. The van der Waals surface area contributed by atoms with Gasteiger partial charge in [-0.25, -0.2) is 0 Å². The number of thiophene rings is 1. The molecule has 0 spiro atoms. The van der Waals surface area contributed by atoms with Crippen molar-refractivity contribution in [3.63, 3.8) is 0 Å².